The minimum absolute atomic E-state index is 0.155. The van der Waals surface area contributed by atoms with Crippen LogP contribution in [0.4, 0.5) is 0 Å². The van der Waals surface area contributed by atoms with Crippen molar-refractivity contribution < 1.29 is 19.1 Å². The van der Waals surface area contributed by atoms with E-state index in [0.29, 0.717) is 17.4 Å². The fraction of sp³-hybridized carbons (Fsp3) is 0.364. The Labute approximate surface area is 122 Å². The van der Waals surface area contributed by atoms with E-state index in [1.807, 2.05) is 0 Å². The lowest BCUT2D eigenvalue weighted by Crippen LogP contribution is -2.43. The number of aromatic nitrogens is 4. The molecule has 0 spiro atoms. The van der Waals surface area contributed by atoms with Gasteiger partial charge in [-0.3, -0.25) is 4.79 Å². The fourth-order valence-corrected chi connectivity index (χ4v) is 3.09. The Hall–Kier alpha value is -2.36. The van der Waals surface area contributed by atoms with Crippen LogP contribution >= 0.6 is 11.8 Å². The van der Waals surface area contributed by atoms with Crippen LogP contribution in [0.25, 0.3) is 11.6 Å². The molecule has 1 aliphatic rings. The third kappa shape index (κ3) is 2.75. The van der Waals surface area contributed by atoms with Gasteiger partial charge in [0.15, 0.2) is 5.76 Å². The summed E-state index contributed by atoms with van der Waals surface area (Å²) in [5.41, 5.74) is 0. The number of tetrazole rings is 1. The summed E-state index contributed by atoms with van der Waals surface area (Å²) in [6.07, 6.45) is 1.49. The third-order valence-corrected chi connectivity index (χ3v) is 3.97. The number of furan rings is 1. The van der Waals surface area contributed by atoms with Crippen LogP contribution in [0.5, 0.6) is 0 Å². The predicted molar refractivity (Wildman–Crippen MR) is 71.1 cm³/mol. The highest BCUT2D eigenvalue weighted by Gasteiger charge is 2.34. The zero-order chi connectivity index (χ0) is 14.8. The van der Waals surface area contributed by atoms with Crippen molar-refractivity contribution in [2.75, 3.05) is 11.6 Å². The first-order valence-electron chi connectivity index (χ1n) is 6.07. The number of carbonyl (C=O) groups excluding carboxylic acids is 1. The second kappa shape index (κ2) is 5.56. The van der Waals surface area contributed by atoms with E-state index >= 15 is 0 Å². The van der Waals surface area contributed by atoms with E-state index in [2.05, 4.69) is 15.4 Å². The highest BCUT2D eigenvalue weighted by molar-refractivity contribution is 7.99. The van der Waals surface area contributed by atoms with E-state index in [1.165, 1.54) is 22.9 Å². The molecule has 2 aromatic rings. The molecule has 10 heteroatoms. The van der Waals surface area contributed by atoms with Crippen molar-refractivity contribution in [1.29, 1.82) is 0 Å². The quantitative estimate of drug-likeness (QED) is 0.834. The lowest BCUT2D eigenvalue weighted by atomic mass is 10.3. The Bertz CT molecular complexity index is 655. The molecule has 0 radical (unpaired) electrons. The van der Waals surface area contributed by atoms with Crippen LogP contribution in [0.2, 0.25) is 0 Å². The lowest BCUT2D eigenvalue weighted by Gasteiger charge is -2.19. The molecule has 0 aliphatic carbocycles. The fourth-order valence-electron chi connectivity index (χ4n) is 1.92. The molecule has 3 rings (SSSR count). The van der Waals surface area contributed by atoms with E-state index < -0.39 is 12.0 Å². The van der Waals surface area contributed by atoms with Gasteiger partial charge in [-0.15, -0.1) is 22.0 Å². The molecule has 9 nitrogen and oxygen atoms in total. The minimum atomic E-state index is -1.00. The van der Waals surface area contributed by atoms with Crippen molar-refractivity contribution in [3.8, 4) is 11.6 Å². The highest BCUT2D eigenvalue weighted by Crippen LogP contribution is 2.21. The summed E-state index contributed by atoms with van der Waals surface area (Å²) in [5.74, 6) is 0.123. The number of carboxylic acid groups (broad SMARTS) is 1. The first-order chi connectivity index (χ1) is 10.1. The van der Waals surface area contributed by atoms with Gasteiger partial charge in [0.1, 0.15) is 12.6 Å². The van der Waals surface area contributed by atoms with Gasteiger partial charge in [0.25, 0.3) is 0 Å². The van der Waals surface area contributed by atoms with E-state index in [9.17, 15) is 9.59 Å². The van der Waals surface area contributed by atoms with Crippen molar-refractivity contribution >= 4 is 23.6 Å². The summed E-state index contributed by atoms with van der Waals surface area (Å²) in [4.78, 5) is 25.6. The van der Waals surface area contributed by atoms with E-state index in [1.54, 1.807) is 12.1 Å². The Kier molecular flexibility index (Phi) is 3.60. The van der Waals surface area contributed by atoms with E-state index in [0.717, 1.165) is 4.80 Å². The van der Waals surface area contributed by atoms with Crippen LogP contribution in [-0.2, 0) is 16.1 Å². The molecule has 0 bridgehead atoms. The number of aliphatic carboxylic acids is 1. The number of hydrogen-bond donors (Lipinski definition) is 1. The molecule has 2 aromatic heterocycles. The average molecular weight is 309 g/mol. The maximum atomic E-state index is 12.1. The number of nitrogens with zero attached hydrogens (tertiary/aromatic N) is 5. The smallest absolute Gasteiger partial charge is 0.327 e. The van der Waals surface area contributed by atoms with Crippen molar-refractivity contribution in [3.05, 3.63) is 18.4 Å². The van der Waals surface area contributed by atoms with Crippen molar-refractivity contribution in [1.82, 2.24) is 25.1 Å². The van der Waals surface area contributed by atoms with Crippen LogP contribution in [0.1, 0.15) is 0 Å². The second-order valence-electron chi connectivity index (χ2n) is 4.34. The van der Waals surface area contributed by atoms with Crippen LogP contribution in [0.15, 0.2) is 22.8 Å². The Morgan fingerprint density at radius 2 is 2.38 bits per heavy atom. The molecule has 3 heterocycles. The molecule has 1 unspecified atom stereocenters. The molecule has 1 atom stereocenters. The topological polar surface area (TPSA) is 114 Å². The van der Waals surface area contributed by atoms with Gasteiger partial charge in [0, 0.05) is 5.75 Å². The van der Waals surface area contributed by atoms with Gasteiger partial charge in [0.05, 0.1) is 12.1 Å². The number of carboxylic acids is 1. The molecule has 0 aromatic carbocycles. The zero-order valence-corrected chi connectivity index (χ0v) is 11.6. The first kappa shape index (κ1) is 13.6. The summed E-state index contributed by atoms with van der Waals surface area (Å²) in [5, 5.41) is 20.6. The van der Waals surface area contributed by atoms with Gasteiger partial charge in [-0.25, -0.2) is 4.79 Å². The van der Waals surface area contributed by atoms with Gasteiger partial charge in [-0.1, -0.05) is 0 Å². The highest BCUT2D eigenvalue weighted by atomic mass is 32.2. The monoisotopic (exact) mass is 309 g/mol. The number of carbonyl (C=O) groups is 2. The van der Waals surface area contributed by atoms with E-state index in [4.69, 9.17) is 9.52 Å². The summed E-state index contributed by atoms with van der Waals surface area (Å²) in [6.45, 7) is -0.155. The van der Waals surface area contributed by atoms with Gasteiger partial charge < -0.3 is 14.4 Å². The number of thioether (sulfide) groups is 1. The van der Waals surface area contributed by atoms with Crippen LogP contribution < -0.4 is 0 Å². The zero-order valence-electron chi connectivity index (χ0n) is 10.7. The summed E-state index contributed by atoms with van der Waals surface area (Å²) in [7, 11) is 0. The van der Waals surface area contributed by atoms with Gasteiger partial charge in [-0.05, 0) is 17.3 Å². The normalized spacial score (nSPS) is 18.1. The Balaban J connectivity index is 1.69. The van der Waals surface area contributed by atoms with Gasteiger partial charge in [-0.2, -0.15) is 4.80 Å². The third-order valence-electron chi connectivity index (χ3n) is 2.96. The van der Waals surface area contributed by atoms with Crippen LogP contribution in [0, 0.1) is 0 Å². The minimum Gasteiger partial charge on any atom is -0.480 e. The lowest BCUT2D eigenvalue weighted by molar-refractivity contribution is -0.148. The SMILES string of the molecule is O=C(O)C1CSCN1C(=O)Cn1nnc(-c2ccco2)n1. The van der Waals surface area contributed by atoms with Crippen molar-refractivity contribution in [2.24, 2.45) is 0 Å². The molecule has 1 fully saturated rings. The molecule has 1 aliphatic heterocycles. The summed E-state index contributed by atoms with van der Waals surface area (Å²) in [6, 6.07) is 2.58. The molecule has 21 heavy (non-hydrogen) atoms. The molecule has 0 saturated carbocycles. The maximum Gasteiger partial charge on any atom is 0.327 e. The predicted octanol–water partition coefficient (Wildman–Crippen LogP) is -0.0808. The largest absolute Gasteiger partial charge is 0.480 e. The number of amides is 1. The molecule has 1 amide bonds. The molecule has 110 valence electrons. The number of rotatable bonds is 4. The van der Waals surface area contributed by atoms with E-state index in [-0.39, 0.29) is 18.3 Å². The Morgan fingerprint density at radius 3 is 3.10 bits per heavy atom. The average Bonchev–Trinajstić information content (AvgIpc) is 3.19. The molecular weight excluding hydrogens is 298 g/mol. The molecular formula is C11H11N5O4S. The van der Waals surface area contributed by atoms with Gasteiger partial charge >= 0.3 is 5.97 Å². The summed E-state index contributed by atoms with van der Waals surface area (Å²) < 4.78 is 5.13. The standard InChI is InChI=1S/C11H11N5O4S/c17-9(15-6-21-5-7(15)11(18)19)4-16-13-10(12-14-16)8-2-1-3-20-8/h1-3,7H,4-6H2,(H,18,19). The molecule has 1 saturated heterocycles. The Morgan fingerprint density at radius 1 is 1.52 bits per heavy atom. The first-order valence-corrected chi connectivity index (χ1v) is 7.22. The van der Waals surface area contributed by atoms with Gasteiger partial charge in [0.2, 0.25) is 11.7 Å². The number of hydrogen-bond acceptors (Lipinski definition) is 7. The van der Waals surface area contributed by atoms with Crippen molar-refractivity contribution in [2.45, 2.75) is 12.6 Å². The maximum absolute atomic E-state index is 12.1. The second-order valence-corrected chi connectivity index (χ2v) is 5.34. The van der Waals surface area contributed by atoms with Crippen molar-refractivity contribution in [3.63, 3.8) is 0 Å². The van der Waals surface area contributed by atoms with Crippen LogP contribution in [-0.4, -0.2) is 59.8 Å². The molecule has 1 N–H and O–H groups in total. The summed E-state index contributed by atoms with van der Waals surface area (Å²) >= 11 is 1.40. The van der Waals surface area contributed by atoms with Crippen LogP contribution in [0.3, 0.4) is 0 Å².